The van der Waals surface area contributed by atoms with Crippen LogP contribution in [0.15, 0.2) is 42.5 Å². The average molecular weight is 266 g/mol. The van der Waals surface area contributed by atoms with Gasteiger partial charge in [0.2, 0.25) is 0 Å². The molecule has 100 valence electrons. The highest BCUT2D eigenvalue weighted by Gasteiger charge is 2.34. The van der Waals surface area contributed by atoms with Crippen LogP contribution in [0.3, 0.4) is 0 Å². The van der Waals surface area contributed by atoms with Crippen LogP contribution in [-0.2, 0) is 5.60 Å². The summed E-state index contributed by atoms with van der Waals surface area (Å²) in [6.45, 7) is 1.58. The van der Waals surface area contributed by atoms with E-state index in [1.165, 1.54) is 24.3 Å². The first kappa shape index (κ1) is 13.6. The van der Waals surface area contributed by atoms with Crippen LogP contribution in [0.1, 0.15) is 24.5 Å². The first-order valence-electron chi connectivity index (χ1n) is 5.92. The van der Waals surface area contributed by atoms with Gasteiger partial charge in [0.15, 0.2) is 0 Å². The van der Waals surface area contributed by atoms with E-state index >= 15 is 0 Å². The van der Waals surface area contributed by atoms with Gasteiger partial charge in [-0.15, -0.1) is 0 Å². The second kappa shape index (κ2) is 5.05. The van der Waals surface area contributed by atoms with Crippen molar-refractivity contribution >= 4 is 0 Å². The normalized spacial score (nSPS) is 14.2. The summed E-state index contributed by atoms with van der Waals surface area (Å²) < 4.78 is 40.9. The summed E-state index contributed by atoms with van der Waals surface area (Å²) in [6.07, 6.45) is 0.0221. The molecule has 2 aromatic rings. The molecule has 0 radical (unpaired) electrons. The summed E-state index contributed by atoms with van der Waals surface area (Å²) in [5.41, 5.74) is -2.22. The third-order valence-corrected chi connectivity index (χ3v) is 3.21. The second-order valence-corrected chi connectivity index (χ2v) is 4.32. The maximum atomic E-state index is 13.8. The summed E-state index contributed by atoms with van der Waals surface area (Å²) in [6, 6.07) is 8.32. The van der Waals surface area contributed by atoms with E-state index in [0.29, 0.717) is 0 Å². The summed E-state index contributed by atoms with van der Waals surface area (Å²) in [4.78, 5) is 0. The highest BCUT2D eigenvalue weighted by Crippen LogP contribution is 2.36. The van der Waals surface area contributed by atoms with Crippen molar-refractivity contribution in [3.8, 4) is 0 Å². The van der Waals surface area contributed by atoms with Gasteiger partial charge in [0.25, 0.3) is 0 Å². The van der Waals surface area contributed by atoms with Crippen molar-refractivity contribution in [2.24, 2.45) is 0 Å². The van der Waals surface area contributed by atoms with E-state index in [9.17, 15) is 18.3 Å². The van der Waals surface area contributed by atoms with Crippen molar-refractivity contribution in [2.45, 2.75) is 18.9 Å². The molecular formula is C15H13F3O. The predicted molar refractivity (Wildman–Crippen MR) is 66.0 cm³/mol. The molecule has 0 bridgehead atoms. The minimum Gasteiger partial charge on any atom is -0.380 e. The maximum absolute atomic E-state index is 13.8. The molecule has 0 spiro atoms. The summed E-state index contributed by atoms with van der Waals surface area (Å²) >= 11 is 0. The van der Waals surface area contributed by atoms with Crippen LogP contribution < -0.4 is 0 Å². The van der Waals surface area contributed by atoms with Gasteiger partial charge in [0.05, 0.1) is 0 Å². The molecule has 0 aliphatic rings. The highest BCUT2D eigenvalue weighted by molar-refractivity contribution is 5.37. The summed E-state index contributed by atoms with van der Waals surface area (Å²) in [7, 11) is 0. The molecule has 0 aromatic heterocycles. The first-order valence-corrected chi connectivity index (χ1v) is 5.92. The molecule has 0 heterocycles. The number of rotatable bonds is 3. The van der Waals surface area contributed by atoms with E-state index in [4.69, 9.17) is 0 Å². The van der Waals surface area contributed by atoms with E-state index in [1.54, 1.807) is 6.92 Å². The molecule has 2 rings (SSSR count). The molecule has 0 aliphatic heterocycles. The van der Waals surface area contributed by atoms with Crippen LogP contribution in [0.2, 0.25) is 0 Å². The number of hydrogen-bond donors (Lipinski definition) is 1. The lowest BCUT2D eigenvalue weighted by Crippen LogP contribution is -2.29. The lowest BCUT2D eigenvalue weighted by atomic mass is 9.83. The maximum Gasteiger partial charge on any atom is 0.129 e. The Balaban J connectivity index is 2.66. The van der Waals surface area contributed by atoms with E-state index < -0.39 is 23.1 Å². The largest absolute Gasteiger partial charge is 0.380 e. The van der Waals surface area contributed by atoms with Crippen molar-refractivity contribution in [1.29, 1.82) is 0 Å². The first-order chi connectivity index (χ1) is 8.99. The third kappa shape index (κ3) is 2.36. The van der Waals surface area contributed by atoms with Gasteiger partial charge >= 0.3 is 0 Å². The topological polar surface area (TPSA) is 20.2 Å². The fourth-order valence-electron chi connectivity index (χ4n) is 2.14. The highest BCUT2D eigenvalue weighted by atomic mass is 19.1. The van der Waals surface area contributed by atoms with Gasteiger partial charge in [-0.05, 0) is 30.7 Å². The van der Waals surface area contributed by atoms with E-state index in [2.05, 4.69) is 0 Å². The van der Waals surface area contributed by atoms with Crippen LogP contribution >= 0.6 is 0 Å². The van der Waals surface area contributed by atoms with Crippen LogP contribution in [-0.4, -0.2) is 5.11 Å². The molecule has 0 fully saturated rings. The molecule has 1 unspecified atom stereocenters. The Morgan fingerprint density at radius 3 is 2.21 bits per heavy atom. The molecule has 1 N–H and O–H groups in total. The van der Waals surface area contributed by atoms with E-state index in [0.717, 1.165) is 18.2 Å². The fourth-order valence-corrected chi connectivity index (χ4v) is 2.14. The van der Waals surface area contributed by atoms with Crippen molar-refractivity contribution in [1.82, 2.24) is 0 Å². The molecule has 19 heavy (non-hydrogen) atoms. The van der Waals surface area contributed by atoms with Crippen LogP contribution in [0.5, 0.6) is 0 Å². The van der Waals surface area contributed by atoms with Gasteiger partial charge in [-0.1, -0.05) is 25.1 Å². The summed E-state index contributed by atoms with van der Waals surface area (Å²) in [5.74, 6) is -2.11. The Hall–Kier alpha value is -1.81. The zero-order valence-corrected chi connectivity index (χ0v) is 10.3. The zero-order valence-electron chi connectivity index (χ0n) is 10.3. The van der Waals surface area contributed by atoms with E-state index in [1.807, 2.05) is 0 Å². The lowest BCUT2D eigenvalue weighted by molar-refractivity contribution is 0.0683. The Morgan fingerprint density at radius 1 is 0.947 bits per heavy atom. The van der Waals surface area contributed by atoms with Gasteiger partial charge < -0.3 is 5.11 Å². The summed E-state index contributed by atoms with van der Waals surface area (Å²) in [5, 5.41) is 10.6. The molecule has 4 heteroatoms. The quantitative estimate of drug-likeness (QED) is 0.897. The monoisotopic (exact) mass is 266 g/mol. The molecule has 0 saturated heterocycles. The van der Waals surface area contributed by atoms with Gasteiger partial charge in [0.1, 0.15) is 23.1 Å². The van der Waals surface area contributed by atoms with Gasteiger partial charge in [-0.25, -0.2) is 13.2 Å². The molecule has 0 saturated carbocycles. The molecule has 0 amide bonds. The Kier molecular flexibility index (Phi) is 3.62. The lowest BCUT2D eigenvalue weighted by Gasteiger charge is -2.28. The number of aliphatic hydroxyl groups is 1. The minimum absolute atomic E-state index is 0.0221. The molecular weight excluding hydrogens is 253 g/mol. The SMILES string of the molecule is CCC(O)(c1ccccc1F)c1cc(F)ccc1F. The third-order valence-electron chi connectivity index (χ3n) is 3.21. The number of halogens is 3. The van der Waals surface area contributed by atoms with Crippen molar-refractivity contribution < 1.29 is 18.3 Å². The van der Waals surface area contributed by atoms with Crippen molar-refractivity contribution in [3.63, 3.8) is 0 Å². The molecule has 2 aromatic carbocycles. The number of hydrogen-bond acceptors (Lipinski definition) is 1. The van der Waals surface area contributed by atoms with Crippen molar-refractivity contribution in [3.05, 3.63) is 71.0 Å². The van der Waals surface area contributed by atoms with Crippen LogP contribution in [0, 0.1) is 17.5 Å². The average Bonchev–Trinajstić information content (AvgIpc) is 2.41. The van der Waals surface area contributed by atoms with Gasteiger partial charge in [-0.3, -0.25) is 0 Å². The van der Waals surface area contributed by atoms with Crippen molar-refractivity contribution in [2.75, 3.05) is 0 Å². The van der Waals surface area contributed by atoms with Gasteiger partial charge in [0, 0.05) is 11.1 Å². The van der Waals surface area contributed by atoms with Gasteiger partial charge in [-0.2, -0.15) is 0 Å². The standard InChI is InChI=1S/C15H13F3O/c1-2-15(19,11-5-3-4-6-13(11)17)12-9-10(16)7-8-14(12)18/h3-9,19H,2H2,1H3. The smallest absolute Gasteiger partial charge is 0.129 e. The predicted octanol–water partition coefficient (Wildman–Crippen LogP) is 3.75. The van der Waals surface area contributed by atoms with E-state index in [-0.39, 0.29) is 17.5 Å². The molecule has 1 atom stereocenters. The fraction of sp³-hybridized carbons (Fsp3) is 0.200. The minimum atomic E-state index is -1.89. The number of benzene rings is 2. The van der Waals surface area contributed by atoms with Crippen LogP contribution in [0.25, 0.3) is 0 Å². The second-order valence-electron chi connectivity index (χ2n) is 4.32. The Morgan fingerprint density at radius 2 is 1.58 bits per heavy atom. The Labute approximate surface area is 109 Å². The Bertz CT molecular complexity index is 598. The zero-order chi connectivity index (χ0) is 14.0. The van der Waals surface area contributed by atoms with Crippen LogP contribution in [0.4, 0.5) is 13.2 Å². The molecule has 1 nitrogen and oxygen atoms in total. The molecule has 0 aliphatic carbocycles.